The predicted octanol–water partition coefficient (Wildman–Crippen LogP) is 5.56. The number of anilines is 1. The van der Waals surface area contributed by atoms with Crippen molar-refractivity contribution in [1.82, 2.24) is 10.2 Å². The van der Waals surface area contributed by atoms with Crippen LogP contribution in [0.15, 0.2) is 66.7 Å². The van der Waals surface area contributed by atoms with Gasteiger partial charge in [-0.05, 0) is 68.8 Å². The van der Waals surface area contributed by atoms with E-state index in [0.717, 1.165) is 37.5 Å². The fourth-order valence-electron chi connectivity index (χ4n) is 4.54. The standard InChI is InChI=1S/C31H35Cl2N3O5/c1-21(37)35-27-16-26(33)28(41-30(38)23-6-4-3-5-7-23)17-29(27)40-20-31(2,39)19-34-25-12-14-36(15-13-25)18-22-8-10-24(32)11-9-22/h3-11,16-17,25,34,39H,12-15,18-20H2,1-2H3,(H,35,37). The van der Waals surface area contributed by atoms with Gasteiger partial charge >= 0.3 is 5.97 Å². The van der Waals surface area contributed by atoms with Crippen molar-refractivity contribution in [3.05, 3.63) is 87.9 Å². The smallest absolute Gasteiger partial charge is 0.343 e. The Morgan fingerprint density at radius 3 is 2.37 bits per heavy atom. The van der Waals surface area contributed by atoms with E-state index in [1.807, 2.05) is 12.1 Å². The Labute approximate surface area is 250 Å². The van der Waals surface area contributed by atoms with E-state index in [0.29, 0.717) is 17.8 Å². The molecule has 0 aromatic heterocycles. The Hall–Kier alpha value is -3.14. The predicted molar refractivity (Wildman–Crippen MR) is 161 cm³/mol. The molecule has 1 unspecified atom stereocenters. The van der Waals surface area contributed by atoms with Crippen LogP contribution in [0.2, 0.25) is 10.0 Å². The van der Waals surface area contributed by atoms with Gasteiger partial charge < -0.3 is 25.2 Å². The lowest BCUT2D eigenvalue weighted by Gasteiger charge is -2.34. The Bertz CT molecular complexity index is 1330. The van der Waals surface area contributed by atoms with E-state index >= 15 is 0 Å². The fraction of sp³-hybridized carbons (Fsp3) is 0.355. The zero-order valence-corrected chi connectivity index (χ0v) is 24.7. The number of likely N-dealkylation sites (tertiary alicyclic amines) is 1. The number of esters is 1. The van der Waals surface area contributed by atoms with Crippen molar-refractivity contribution in [2.24, 2.45) is 0 Å². The molecule has 1 atom stereocenters. The van der Waals surface area contributed by atoms with E-state index in [1.165, 1.54) is 24.6 Å². The van der Waals surface area contributed by atoms with Crippen LogP contribution in [0, 0.1) is 0 Å². The van der Waals surface area contributed by atoms with Crippen molar-refractivity contribution in [3.8, 4) is 11.5 Å². The van der Waals surface area contributed by atoms with Crippen LogP contribution in [0.3, 0.4) is 0 Å². The number of nitrogens with one attached hydrogen (secondary N) is 2. The number of aliphatic hydroxyl groups is 1. The molecule has 4 rings (SSSR count). The number of hydrogen-bond acceptors (Lipinski definition) is 7. The van der Waals surface area contributed by atoms with Gasteiger partial charge in [-0.1, -0.05) is 53.5 Å². The molecule has 1 aliphatic heterocycles. The molecule has 41 heavy (non-hydrogen) atoms. The van der Waals surface area contributed by atoms with Crippen LogP contribution in [0.4, 0.5) is 5.69 Å². The summed E-state index contributed by atoms with van der Waals surface area (Å²) in [6.45, 7) is 6.07. The summed E-state index contributed by atoms with van der Waals surface area (Å²) in [5.74, 6) is -0.610. The summed E-state index contributed by atoms with van der Waals surface area (Å²) in [4.78, 5) is 26.8. The number of carbonyl (C=O) groups is 2. The monoisotopic (exact) mass is 599 g/mol. The van der Waals surface area contributed by atoms with Gasteiger partial charge in [-0.3, -0.25) is 9.69 Å². The fourth-order valence-corrected chi connectivity index (χ4v) is 4.87. The second-order valence-electron chi connectivity index (χ2n) is 10.6. The highest BCUT2D eigenvalue weighted by molar-refractivity contribution is 6.32. The third kappa shape index (κ3) is 9.45. The molecule has 3 N–H and O–H groups in total. The third-order valence-corrected chi connectivity index (χ3v) is 7.32. The van der Waals surface area contributed by atoms with Gasteiger partial charge in [0.25, 0.3) is 0 Å². The largest absolute Gasteiger partial charge is 0.488 e. The molecule has 0 saturated carbocycles. The number of halogens is 2. The zero-order chi connectivity index (χ0) is 29.4. The molecule has 1 amide bonds. The van der Waals surface area contributed by atoms with Crippen molar-refractivity contribution in [1.29, 1.82) is 0 Å². The number of hydrogen-bond donors (Lipinski definition) is 3. The first-order valence-electron chi connectivity index (χ1n) is 13.5. The highest BCUT2D eigenvalue weighted by atomic mass is 35.5. The lowest BCUT2D eigenvalue weighted by atomic mass is 10.0. The first-order valence-corrected chi connectivity index (χ1v) is 14.3. The van der Waals surface area contributed by atoms with Gasteiger partial charge in [0.15, 0.2) is 5.75 Å². The zero-order valence-electron chi connectivity index (χ0n) is 23.2. The molecule has 3 aromatic rings. The van der Waals surface area contributed by atoms with E-state index in [1.54, 1.807) is 37.3 Å². The van der Waals surface area contributed by atoms with Gasteiger partial charge in [-0.15, -0.1) is 0 Å². The Kier molecular flexibility index (Phi) is 10.6. The van der Waals surface area contributed by atoms with Crippen LogP contribution in [0.1, 0.15) is 42.6 Å². The van der Waals surface area contributed by atoms with E-state index < -0.39 is 11.6 Å². The molecule has 0 radical (unpaired) electrons. The molecule has 0 aliphatic carbocycles. The lowest BCUT2D eigenvalue weighted by molar-refractivity contribution is -0.114. The van der Waals surface area contributed by atoms with E-state index in [-0.39, 0.29) is 35.1 Å². The molecule has 3 aromatic carbocycles. The van der Waals surface area contributed by atoms with Gasteiger partial charge in [0, 0.05) is 37.1 Å². The third-order valence-electron chi connectivity index (χ3n) is 6.77. The minimum Gasteiger partial charge on any atom is -0.488 e. The van der Waals surface area contributed by atoms with Crippen LogP contribution < -0.4 is 20.1 Å². The summed E-state index contributed by atoms with van der Waals surface area (Å²) >= 11 is 12.3. The number of benzene rings is 3. The number of carbonyl (C=O) groups excluding carboxylic acids is 2. The molecule has 10 heteroatoms. The van der Waals surface area contributed by atoms with Crippen LogP contribution in [0.5, 0.6) is 11.5 Å². The van der Waals surface area contributed by atoms with Crippen molar-refractivity contribution < 1.29 is 24.2 Å². The molecule has 1 aliphatic rings. The maximum absolute atomic E-state index is 12.6. The highest BCUT2D eigenvalue weighted by Gasteiger charge is 2.26. The van der Waals surface area contributed by atoms with E-state index in [4.69, 9.17) is 32.7 Å². The van der Waals surface area contributed by atoms with Crippen molar-refractivity contribution in [3.63, 3.8) is 0 Å². The van der Waals surface area contributed by atoms with E-state index in [2.05, 4.69) is 27.7 Å². The van der Waals surface area contributed by atoms with Crippen molar-refractivity contribution >= 4 is 40.8 Å². The molecular formula is C31H35Cl2N3O5. The molecular weight excluding hydrogens is 565 g/mol. The molecule has 1 heterocycles. The minimum atomic E-state index is -1.21. The van der Waals surface area contributed by atoms with Crippen molar-refractivity contribution in [2.45, 2.75) is 44.9 Å². The molecule has 0 spiro atoms. The molecule has 218 valence electrons. The Morgan fingerprint density at radius 1 is 1.02 bits per heavy atom. The molecule has 1 fully saturated rings. The molecule has 8 nitrogen and oxygen atoms in total. The van der Waals surface area contributed by atoms with Gasteiger partial charge in [0.05, 0.1) is 16.3 Å². The summed E-state index contributed by atoms with van der Waals surface area (Å²) in [6.07, 6.45) is 1.93. The summed E-state index contributed by atoms with van der Waals surface area (Å²) in [5, 5.41) is 18.1. The minimum absolute atomic E-state index is 0.0737. The summed E-state index contributed by atoms with van der Waals surface area (Å²) in [5.41, 5.74) is 0.689. The number of rotatable bonds is 11. The summed E-state index contributed by atoms with van der Waals surface area (Å²) < 4.78 is 11.4. The summed E-state index contributed by atoms with van der Waals surface area (Å²) in [7, 11) is 0. The highest BCUT2D eigenvalue weighted by Crippen LogP contribution is 2.37. The second-order valence-corrected chi connectivity index (χ2v) is 11.4. The Balaban J connectivity index is 1.32. The number of piperidine rings is 1. The second kappa shape index (κ2) is 14.2. The first-order chi connectivity index (χ1) is 19.6. The van der Waals surface area contributed by atoms with Crippen molar-refractivity contribution in [2.75, 3.05) is 31.6 Å². The van der Waals surface area contributed by atoms with Gasteiger partial charge in [-0.2, -0.15) is 0 Å². The maximum Gasteiger partial charge on any atom is 0.343 e. The quantitative estimate of drug-likeness (QED) is 0.196. The first kappa shape index (κ1) is 30.8. The number of amides is 1. The van der Waals surface area contributed by atoms with Gasteiger partial charge in [-0.25, -0.2) is 4.79 Å². The van der Waals surface area contributed by atoms with Crippen LogP contribution >= 0.6 is 23.2 Å². The SMILES string of the molecule is CC(=O)Nc1cc(Cl)c(OC(=O)c2ccccc2)cc1OCC(C)(O)CNC1CCN(Cc2ccc(Cl)cc2)CC1. The van der Waals surface area contributed by atoms with E-state index in [9.17, 15) is 14.7 Å². The lowest BCUT2D eigenvalue weighted by Crippen LogP contribution is -2.49. The van der Waals surface area contributed by atoms with Crippen LogP contribution in [0.25, 0.3) is 0 Å². The molecule has 1 saturated heterocycles. The Morgan fingerprint density at radius 2 is 1.71 bits per heavy atom. The number of ether oxygens (including phenoxy) is 2. The molecule has 0 bridgehead atoms. The van der Waals surface area contributed by atoms with Gasteiger partial charge in [0.2, 0.25) is 5.91 Å². The normalized spacial score (nSPS) is 15.6. The van der Waals surface area contributed by atoms with Crippen LogP contribution in [-0.4, -0.2) is 59.8 Å². The number of nitrogens with zero attached hydrogens (tertiary/aromatic N) is 1. The van der Waals surface area contributed by atoms with Gasteiger partial charge in [0.1, 0.15) is 18.0 Å². The van der Waals surface area contributed by atoms with Crippen LogP contribution in [-0.2, 0) is 11.3 Å². The average molecular weight is 601 g/mol. The summed E-state index contributed by atoms with van der Waals surface area (Å²) in [6, 6.07) is 19.6. The maximum atomic E-state index is 12.6. The average Bonchev–Trinajstić information content (AvgIpc) is 2.95. The topological polar surface area (TPSA) is 100 Å².